The Morgan fingerprint density at radius 1 is 0.868 bits per heavy atom. The minimum Gasteiger partial charge on any atom is -0.481 e. The van der Waals surface area contributed by atoms with Crippen molar-refractivity contribution >= 4 is 23.7 Å². The first-order valence-corrected chi connectivity index (χ1v) is 12.5. The van der Waals surface area contributed by atoms with Crippen LogP contribution in [0.3, 0.4) is 0 Å². The second-order valence-corrected chi connectivity index (χ2v) is 9.17. The molecule has 0 saturated carbocycles. The van der Waals surface area contributed by atoms with Crippen molar-refractivity contribution in [3.05, 3.63) is 35.9 Å². The first-order valence-electron chi connectivity index (χ1n) is 12.5. The SMILES string of the molecule is CCC(C)[C@H](N)C(=O)N[C@@H](CC)C(=O)N[C@@H](CO)[C@@H](O)[C@@H](O)[C@H](O)C(=O)NC(CC(=O)O)c1ccccc1. The number of benzene rings is 1. The van der Waals surface area contributed by atoms with E-state index in [0.717, 1.165) is 0 Å². The molecule has 13 heteroatoms. The number of aliphatic hydroxyl groups excluding tert-OH is 4. The smallest absolute Gasteiger partial charge is 0.305 e. The Hall–Kier alpha value is -3.10. The predicted octanol–water partition coefficient (Wildman–Crippen LogP) is -1.85. The van der Waals surface area contributed by atoms with Gasteiger partial charge in [-0.2, -0.15) is 0 Å². The fraction of sp³-hybridized carbons (Fsp3) is 0.600. The zero-order chi connectivity index (χ0) is 29.0. The lowest BCUT2D eigenvalue weighted by atomic mass is 9.98. The molecular weight excluding hydrogens is 500 g/mol. The zero-order valence-corrected chi connectivity index (χ0v) is 21.8. The molecule has 10 N–H and O–H groups in total. The lowest BCUT2D eigenvalue weighted by Gasteiger charge is -2.30. The summed E-state index contributed by atoms with van der Waals surface area (Å²) in [7, 11) is 0. The normalized spacial score (nSPS) is 17.6. The number of carbonyl (C=O) groups is 4. The van der Waals surface area contributed by atoms with Gasteiger partial charge in [-0.15, -0.1) is 0 Å². The van der Waals surface area contributed by atoms with E-state index in [2.05, 4.69) is 16.0 Å². The van der Waals surface area contributed by atoms with Crippen molar-refractivity contribution in [1.29, 1.82) is 0 Å². The highest BCUT2D eigenvalue weighted by Gasteiger charge is 2.37. The largest absolute Gasteiger partial charge is 0.481 e. The molecule has 0 aromatic heterocycles. The monoisotopic (exact) mass is 540 g/mol. The highest BCUT2D eigenvalue weighted by Crippen LogP contribution is 2.17. The quantitative estimate of drug-likeness (QED) is 0.113. The number of nitrogens with one attached hydrogen (secondary N) is 3. The van der Waals surface area contributed by atoms with Gasteiger partial charge in [0.25, 0.3) is 5.91 Å². The summed E-state index contributed by atoms with van der Waals surface area (Å²) in [4.78, 5) is 48.9. The summed E-state index contributed by atoms with van der Waals surface area (Å²) >= 11 is 0. The van der Waals surface area contributed by atoms with Gasteiger partial charge in [-0.25, -0.2) is 0 Å². The third kappa shape index (κ3) is 9.65. The number of amides is 3. The molecule has 1 aromatic rings. The molecule has 214 valence electrons. The topological polar surface area (TPSA) is 232 Å². The van der Waals surface area contributed by atoms with Crippen molar-refractivity contribution in [2.45, 2.75) is 82.5 Å². The van der Waals surface area contributed by atoms with E-state index in [9.17, 15) is 39.6 Å². The van der Waals surface area contributed by atoms with Crippen LogP contribution in [0.1, 0.15) is 51.6 Å². The maximum Gasteiger partial charge on any atom is 0.305 e. The summed E-state index contributed by atoms with van der Waals surface area (Å²) in [5.74, 6) is -3.87. The van der Waals surface area contributed by atoms with E-state index in [4.69, 9.17) is 10.8 Å². The van der Waals surface area contributed by atoms with Gasteiger partial charge in [0, 0.05) is 0 Å². The van der Waals surface area contributed by atoms with Gasteiger partial charge in [0.1, 0.15) is 18.2 Å². The average Bonchev–Trinajstić information content (AvgIpc) is 2.91. The molecule has 0 spiro atoms. The van der Waals surface area contributed by atoms with E-state index in [1.807, 2.05) is 6.92 Å². The molecule has 0 aliphatic rings. The summed E-state index contributed by atoms with van der Waals surface area (Å²) < 4.78 is 0. The van der Waals surface area contributed by atoms with Gasteiger partial charge < -0.3 is 47.2 Å². The first kappa shape index (κ1) is 32.9. The molecule has 0 aliphatic heterocycles. The van der Waals surface area contributed by atoms with Crippen molar-refractivity contribution in [3.8, 4) is 0 Å². The van der Waals surface area contributed by atoms with Crippen LogP contribution in [0.5, 0.6) is 0 Å². The number of carbonyl (C=O) groups excluding carboxylic acids is 3. The minimum atomic E-state index is -2.23. The van der Waals surface area contributed by atoms with Gasteiger partial charge in [-0.1, -0.05) is 57.5 Å². The molecule has 0 heterocycles. The third-order valence-corrected chi connectivity index (χ3v) is 6.38. The summed E-state index contributed by atoms with van der Waals surface area (Å²) in [6, 6.07) is 3.62. The molecular formula is C25H40N4O9. The standard InChI is InChI=1S/C25H40N4O9/c1-4-13(3)19(26)24(37)27-15(5-2)23(36)29-17(12-30)20(33)21(34)22(35)25(38)28-16(11-18(31)32)14-9-7-6-8-10-14/h6-10,13,15-17,19-22,30,33-35H,4-5,11-12,26H2,1-3H3,(H,27,37)(H,28,38)(H,29,36)(H,31,32)/t13?,15-,16?,17-,19-,20+,21+,22-/m0/s1. The molecule has 0 saturated heterocycles. The first-order chi connectivity index (χ1) is 17.9. The van der Waals surface area contributed by atoms with Crippen LogP contribution in [0.15, 0.2) is 30.3 Å². The number of aliphatic carboxylic acids is 1. The Morgan fingerprint density at radius 3 is 1.97 bits per heavy atom. The third-order valence-electron chi connectivity index (χ3n) is 6.38. The molecule has 8 atom stereocenters. The van der Waals surface area contributed by atoms with Crippen molar-refractivity contribution in [2.24, 2.45) is 11.7 Å². The maximum atomic E-state index is 12.7. The molecule has 0 radical (unpaired) electrons. The van der Waals surface area contributed by atoms with Gasteiger partial charge in [0.2, 0.25) is 11.8 Å². The Labute approximate surface area is 221 Å². The fourth-order valence-electron chi connectivity index (χ4n) is 3.60. The molecule has 0 fully saturated rings. The highest BCUT2D eigenvalue weighted by atomic mass is 16.4. The van der Waals surface area contributed by atoms with E-state index in [0.29, 0.717) is 12.0 Å². The van der Waals surface area contributed by atoms with E-state index in [1.165, 1.54) is 0 Å². The van der Waals surface area contributed by atoms with Crippen LogP contribution in [0, 0.1) is 5.92 Å². The lowest BCUT2D eigenvalue weighted by Crippen LogP contribution is -2.60. The van der Waals surface area contributed by atoms with E-state index in [1.54, 1.807) is 44.2 Å². The lowest BCUT2D eigenvalue weighted by molar-refractivity contribution is -0.145. The molecule has 38 heavy (non-hydrogen) atoms. The van der Waals surface area contributed by atoms with Crippen LogP contribution < -0.4 is 21.7 Å². The van der Waals surface area contributed by atoms with Crippen LogP contribution in [0.4, 0.5) is 0 Å². The van der Waals surface area contributed by atoms with Crippen molar-refractivity contribution in [1.82, 2.24) is 16.0 Å². The van der Waals surface area contributed by atoms with Gasteiger partial charge in [0.05, 0.1) is 31.2 Å². The molecule has 0 aliphatic carbocycles. The molecule has 1 rings (SSSR count). The second kappa shape index (κ2) is 16.0. The fourth-order valence-corrected chi connectivity index (χ4v) is 3.60. The average molecular weight is 541 g/mol. The van der Waals surface area contributed by atoms with E-state index in [-0.39, 0.29) is 12.3 Å². The molecule has 3 amide bonds. The summed E-state index contributed by atoms with van der Waals surface area (Å²) in [5.41, 5.74) is 6.33. The summed E-state index contributed by atoms with van der Waals surface area (Å²) in [6.07, 6.45) is -6.12. The van der Waals surface area contributed by atoms with E-state index < -0.39 is 79.2 Å². The maximum absolute atomic E-state index is 12.7. The van der Waals surface area contributed by atoms with Gasteiger partial charge >= 0.3 is 5.97 Å². The van der Waals surface area contributed by atoms with Gasteiger partial charge in [0.15, 0.2) is 6.10 Å². The minimum absolute atomic E-state index is 0.137. The van der Waals surface area contributed by atoms with Crippen LogP contribution in [0.2, 0.25) is 0 Å². The van der Waals surface area contributed by atoms with Crippen molar-refractivity contribution in [2.75, 3.05) is 6.61 Å². The number of aliphatic hydroxyl groups is 4. The molecule has 13 nitrogen and oxygen atoms in total. The Morgan fingerprint density at radius 2 is 1.47 bits per heavy atom. The van der Waals surface area contributed by atoms with Crippen LogP contribution in [0.25, 0.3) is 0 Å². The predicted molar refractivity (Wildman–Crippen MR) is 136 cm³/mol. The van der Waals surface area contributed by atoms with Gasteiger partial charge in [-0.3, -0.25) is 19.2 Å². The zero-order valence-electron chi connectivity index (χ0n) is 21.8. The molecule has 1 aromatic carbocycles. The number of hydrogen-bond acceptors (Lipinski definition) is 9. The van der Waals surface area contributed by atoms with Gasteiger partial charge in [-0.05, 0) is 17.9 Å². The second-order valence-electron chi connectivity index (χ2n) is 9.17. The Kier molecular flexibility index (Phi) is 13.9. The number of nitrogens with two attached hydrogens (primary N) is 1. The van der Waals surface area contributed by atoms with Crippen molar-refractivity contribution in [3.63, 3.8) is 0 Å². The van der Waals surface area contributed by atoms with Crippen molar-refractivity contribution < 1.29 is 44.7 Å². The summed E-state index contributed by atoms with van der Waals surface area (Å²) in [6.45, 7) is 4.40. The Bertz CT molecular complexity index is 917. The highest BCUT2D eigenvalue weighted by molar-refractivity contribution is 5.90. The Balaban J connectivity index is 2.87. The van der Waals surface area contributed by atoms with Crippen LogP contribution >= 0.6 is 0 Å². The molecule has 2 unspecified atom stereocenters. The molecule has 0 bridgehead atoms. The summed E-state index contributed by atoms with van der Waals surface area (Å²) in [5, 5.41) is 57.3. The van der Waals surface area contributed by atoms with E-state index >= 15 is 0 Å². The number of carboxylic acid groups (broad SMARTS) is 1. The van der Waals surface area contributed by atoms with Crippen LogP contribution in [-0.4, -0.2) is 92.3 Å². The number of hydrogen-bond donors (Lipinski definition) is 9. The number of rotatable bonds is 16. The number of carboxylic acids is 1. The van der Waals surface area contributed by atoms with Crippen LogP contribution in [-0.2, 0) is 19.2 Å².